The SMILES string of the molecule is CCCCCCCCCCCCCCCCCCCCCCCCCCCCCCCC(=O)OC(COC(=O)CCCCCCCCCCCCCCCCCCCCCCCCCCCC)COP(=O)(O)OCCN. The first kappa shape index (κ1) is 75.0. The molecule has 0 spiro atoms. The number of ether oxygens (including phenoxy) is 2. The van der Waals surface area contributed by atoms with Crippen molar-refractivity contribution in [3.63, 3.8) is 0 Å². The monoisotopic (exact) mass is 1100 g/mol. The van der Waals surface area contributed by atoms with Crippen LogP contribution < -0.4 is 5.73 Å². The Balaban J connectivity index is 3.81. The van der Waals surface area contributed by atoms with E-state index in [4.69, 9.17) is 24.3 Å². The normalized spacial score (nSPS) is 12.8. The Morgan fingerprint density at radius 2 is 0.566 bits per heavy atom. The summed E-state index contributed by atoms with van der Waals surface area (Å²) in [5.41, 5.74) is 5.40. The maximum Gasteiger partial charge on any atom is 0.472 e. The number of hydrogen-bond donors (Lipinski definition) is 2. The van der Waals surface area contributed by atoms with Gasteiger partial charge in [0.05, 0.1) is 13.2 Å². The molecule has 10 heteroatoms. The van der Waals surface area contributed by atoms with Gasteiger partial charge in [0, 0.05) is 19.4 Å². The first-order valence-electron chi connectivity index (χ1n) is 34.0. The van der Waals surface area contributed by atoms with E-state index in [0.717, 1.165) is 32.1 Å². The highest BCUT2D eigenvalue weighted by atomic mass is 31.2. The summed E-state index contributed by atoms with van der Waals surface area (Å²) in [5, 5.41) is 0. The second-order valence-electron chi connectivity index (χ2n) is 23.4. The van der Waals surface area contributed by atoms with Crippen LogP contribution in [0, 0.1) is 0 Å². The van der Waals surface area contributed by atoms with Crippen molar-refractivity contribution in [2.45, 2.75) is 386 Å². The molecule has 0 aromatic heterocycles. The lowest BCUT2D eigenvalue weighted by Crippen LogP contribution is -2.29. The molecule has 3 N–H and O–H groups in total. The Labute approximate surface area is 473 Å². The molecule has 0 bridgehead atoms. The molecule has 0 aliphatic heterocycles. The zero-order chi connectivity index (χ0) is 55.2. The van der Waals surface area contributed by atoms with E-state index in [0.29, 0.717) is 12.8 Å². The van der Waals surface area contributed by atoms with Crippen molar-refractivity contribution in [1.29, 1.82) is 0 Å². The highest BCUT2D eigenvalue weighted by Gasteiger charge is 2.26. The topological polar surface area (TPSA) is 134 Å². The van der Waals surface area contributed by atoms with Crippen LogP contribution in [0.2, 0.25) is 0 Å². The van der Waals surface area contributed by atoms with Crippen LogP contribution in [0.1, 0.15) is 380 Å². The average Bonchev–Trinajstić information content (AvgIpc) is 3.41. The van der Waals surface area contributed by atoms with Gasteiger partial charge < -0.3 is 20.1 Å². The van der Waals surface area contributed by atoms with Gasteiger partial charge >= 0.3 is 19.8 Å². The van der Waals surface area contributed by atoms with Crippen molar-refractivity contribution in [2.24, 2.45) is 5.73 Å². The first-order chi connectivity index (χ1) is 37.3. The Kier molecular flexibility index (Phi) is 62.4. The molecule has 0 radical (unpaired) electrons. The number of esters is 2. The van der Waals surface area contributed by atoms with Crippen LogP contribution in [-0.4, -0.2) is 49.3 Å². The summed E-state index contributed by atoms with van der Waals surface area (Å²) < 4.78 is 33.2. The van der Waals surface area contributed by atoms with Gasteiger partial charge in [-0.15, -0.1) is 0 Å². The second-order valence-corrected chi connectivity index (χ2v) is 24.9. The molecule has 0 aromatic rings. The fourth-order valence-electron chi connectivity index (χ4n) is 10.7. The second kappa shape index (κ2) is 63.2. The Morgan fingerprint density at radius 3 is 0.803 bits per heavy atom. The molecule has 0 aliphatic carbocycles. The van der Waals surface area contributed by atoms with Crippen LogP contribution in [0.15, 0.2) is 0 Å². The Hall–Kier alpha value is -0.990. The summed E-state index contributed by atoms with van der Waals surface area (Å²) in [6, 6.07) is 0. The number of carbonyl (C=O) groups excluding carboxylic acids is 2. The van der Waals surface area contributed by atoms with Gasteiger partial charge in [0.2, 0.25) is 0 Å². The zero-order valence-electron chi connectivity index (χ0n) is 51.0. The summed E-state index contributed by atoms with van der Waals surface area (Å²) in [7, 11) is -4.38. The largest absolute Gasteiger partial charge is 0.472 e. The van der Waals surface area contributed by atoms with Crippen LogP contribution in [-0.2, 0) is 32.7 Å². The number of hydrogen-bond acceptors (Lipinski definition) is 8. The lowest BCUT2D eigenvalue weighted by Gasteiger charge is -2.19. The van der Waals surface area contributed by atoms with Crippen LogP contribution >= 0.6 is 7.82 Å². The number of rotatable bonds is 66. The van der Waals surface area contributed by atoms with Gasteiger partial charge in [-0.2, -0.15) is 0 Å². The van der Waals surface area contributed by atoms with Gasteiger partial charge in [0.1, 0.15) is 6.61 Å². The fourth-order valence-corrected chi connectivity index (χ4v) is 11.5. The third-order valence-corrected chi connectivity index (χ3v) is 16.7. The van der Waals surface area contributed by atoms with Crippen molar-refractivity contribution in [3.8, 4) is 0 Å². The van der Waals surface area contributed by atoms with E-state index >= 15 is 0 Å². The molecule has 0 rings (SSSR count). The number of nitrogens with two attached hydrogens (primary N) is 1. The van der Waals surface area contributed by atoms with E-state index in [-0.39, 0.29) is 32.1 Å². The minimum absolute atomic E-state index is 0.0588. The molecular weight excluding hydrogens is 966 g/mol. The third-order valence-electron chi connectivity index (χ3n) is 15.7. The quantitative estimate of drug-likeness (QED) is 0.0347. The highest BCUT2D eigenvalue weighted by Crippen LogP contribution is 2.43. The van der Waals surface area contributed by atoms with Gasteiger partial charge in [-0.05, 0) is 12.8 Å². The summed E-state index contributed by atoms with van der Waals surface area (Å²) in [6.45, 7) is 3.84. The number of carbonyl (C=O) groups is 2. The lowest BCUT2D eigenvalue weighted by atomic mass is 10.0. The number of unbranched alkanes of at least 4 members (excludes halogenated alkanes) is 53. The van der Waals surface area contributed by atoms with Gasteiger partial charge in [0.15, 0.2) is 6.10 Å². The van der Waals surface area contributed by atoms with Gasteiger partial charge in [-0.25, -0.2) is 4.57 Å². The summed E-state index contributed by atoms with van der Waals surface area (Å²) in [5.74, 6) is -0.798. The highest BCUT2D eigenvalue weighted by molar-refractivity contribution is 7.47. The smallest absolute Gasteiger partial charge is 0.462 e. The van der Waals surface area contributed by atoms with Crippen molar-refractivity contribution < 1.29 is 37.6 Å². The van der Waals surface area contributed by atoms with E-state index < -0.39 is 26.5 Å². The van der Waals surface area contributed by atoms with Crippen LogP contribution in [0.3, 0.4) is 0 Å². The van der Waals surface area contributed by atoms with Gasteiger partial charge in [-0.1, -0.05) is 354 Å². The number of phosphoric ester groups is 1. The Bertz CT molecular complexity index is 1210. The van der Waals surface area contributed by atoms with E-state index in [1.807, 2.05) is 0 Å². The molecule has 2 atom stereocenters. The maximum absolute atomic E-state index is 12.7. The van der Waals surface area contributed by atoms with Crippen LogP contribution in [0.4, 0.5) is 0 Å². The van der Waals surface area contributed by atoms with E-state index in [1.165, 1.54) is 315 Å². The third kappa shape index (κ3) is 62.2. The molecule has 454 valence electrons. The minimum Gasteiger partial charge on any atom is -0.462 e. The Morgan fingerprint density at radius 1 is 0.342 bits per heavy atom. The molecule has 9 nitrogen and oxygen atoms in total. The van der Waals surface area contributed by atoms with Crippen molar-refractivity contribution in [1.82, 2.24) is 0 Å². The molecule has 76 heavy (non-hydrogen) atoms. The van der Waals surface area contributed by atoms with Crippen molar-refractivity contribution >= 4 is 19.8 Å². The van der Waals surface area contributed by atoms with Crippen LogP contribution in [0.25, 0.3) is 0 Å². The van der Waals surface area contributed by atoms with Crippen molar-refractivity contribution in [2.75, 3.05) is 26.4 Å². The molecule has 0 heterocycles. The maximum atomic E-state index is 12.7. The molecule has 0 saturated heterocycles. The molecule has 0 amide bonds. The summed E-state index contributed by atoms with van der Waals surface area (Å²) in [6.07, 6.45) is 73.4. The summed E-state index contributed by atoms with van der Waals surface area (Å²) >= 11 is 0. The van der Waals surface area contributed by atoms with Gasteiger partial charge in [-0.3, -0.25) is 18.6 Å². The molecule has 0 aliphatic rings. The molecular formula is C66H132NO8P. The van der Waals surface area contributed by atoms with Gasteiger partial charge in [0.25, 0.3) is 0 Å². The van der Waals surface area contributed by atoms with E-state index in [2.05, 4.69) is 13.8 Å². The fraction of sp³-hybridized carbons (Fsp3) is 0.970. The van der Waals surface area contributed by atoms with E-state index in [1.54, 1.807) is 0 Å². The zero-order valence-corrected chi connectivity index (χ0v) is 51.9. The standard InChI is InChI=1S/C66H132NO8P/c1-3-5-7-9-11-13-15-17-19-21-23-25-27-29-31-32-33-35-37-39-41-43-45-47-49-51-53-55-57-59-66(69)75-64(63-74-76(70,71)73-61-60-67)62-72-65(68)58-56-54-52-50-48-46-44-42-40-38-36-34-30-28-26-24-22-20-18-16-14-12-10-8-6-4-2/h64H,3-63,67H2,1-2H3,(H,70,71). The molecule has 0 fully saturated rings. The lowest BCUT2D eigenvalue weighted by molar-refractivity contribution is -0.161. The summed E-state index contributed by atoms with van der Waals surface area (Å²) in [4.78, 5) is 35.3. The predicted octanol–water partition coefficient (Wildman–Crippen LogP) is 21.8. The minimum atomic E-state index is -4.38. The molecule has 0 aromatic carbocycles. The van der Waals surface area contributed by atoms with Crippen molar-refractivity contribution in [3.05, 3.63) is 0 Å². The first-order valence-corrected chi connectivity index (χ1v) is 35.5. The molecule has 0 saturated carbocycles. The van der Waals surface area contributed by atoms with Crippen LogP contribution in [0.5, 0.6) is 0 Å². The predicted molar refractivity (Wildman–Crippen MR) is 326 cm³/mol. The number of phosphoric acid groups is 1. The average molecular weight is 1100 g/mol. The molecule has 2 unspecified atom stereocenters. The van der Waals surface area contributed by atoms with E-state index in [9.17, 15) is 19.0 Å².